The molecule has 1 amide bonds. The number of primary amides is 1. The molecule has 2 rings (SSSR count). The molecule has 0 spiro atoms. The van der Waals surface area contributed by atoms with E-state index in [4.69, 9.17) is 5.73 Å². The first-order valence-corrected chi connectivity index (χ1v) is 4.75. The van der Waals surface area contributed by atoms with Crippen LogP contribution in [-0.2, 0) is 0 Å². The lowest BCUT2D eigenvalue weighted by Gasteiger charge is -1.94. The fraction of sp³-hybridized carbons (Fsp3) is 0.125. The Morgan fingerprint density at radius 1 is 1.64 bits per heavy atom. The minimum Gasteiger partial charge on any atom is -0.363 e. The van der Waals surface area contributed by atoms with E-state index in [1.54, 1.807) is 0 Å². The highest BCUT2D eigenvalue weighted by atomic mass is 32.1. The highest BCUT2D eigenvalue weighted by Gasteiger charge is 2.10. The van der Waals surface area contributed by atoms with Crippen LogP contribution in [0.25, 0.3) is 10.2 Å². The Morgan fingerprint density at radius 3 is 3.00 bits per heavy atom. The second-order valence-electron chi connectivity index (χ2n) is 2.88. The van der Waals surface area contributed by atoms with Crippen LogP contribution in [0.2, 0.25) is 0 Å². The molecule has 2 heterocycles. The molecule has 3 N–H and O–H groups in total. The van der Waals surface area contributed by atoms with Gasteiger partial charge in [-0.05, 0) is 17.9 Å². The van der Waals surface area contributed by atoms with Crippen molar-refractivity contribution in [2.75, 3.05) is 0 Å². The molecular weight excluding hydrogens is 202 g/mol. The Hall–Kier alpha value is -1.69. The number of nitrogens with two attached hydrogens (primary N) is 1. The van der Waals surface area contributed by atoms with Crippen LogP contribution in [0.4, 0.5) is 0 Å². The van der Waals surface area contributed by atoms with Crippen LogP contribution >= 0.6 is 11.3 Å². The number of nitrogens with one attached hydrogen (secondary N) is 1. The van der Waals surface area contributed by atoms with Gasteiger partial charge in [0, 0.05) is 0 Å². The Morgan fingerprint density at radius 2 is 2.36 bits per heavy atom. The molecule has 14 heavy (non-hydrogen) atoms. The molecule has 0 atom stereocenters. The van der Waals surface area contributed by atoms with Crippen molar-refractivity contribution >= 4 is 27.5 Å². The SMILES string of the molecule is Cc1csc2nc(C(N)=O)[nH]c(=O)c12. The van der Waals surface area contributed by atoms with Gasteiger partial charge < -0.3 is 10.7 Å². The average Bonchev–Trinajstić information content (AvgIpc) is 2.48. The third kappa shape index (κ3) is 1.20. The molecule has 72 valence electrons. The Balaban J connectivity index is 2.87. The van der Waals surface area contributed by atoms with E-state index in [1.165, 1.54) is 11.3 Å². The van der Waals surface area contributed by atoms with Crippen molar-refractivity contribution in [1.82, 2.24) is 9.97 Å². The first-order chi connectivity index (χ1) is 6.59. The topological polar surface area (TPSA) is 88.8 Å². The lowest BCUT2D eigenvalue weighted by molar-refractivity contribution is 0.0990. The first-order valence-electron chi connectivity index (χ1n) is 3.87. The van der Waals surface area contributed by atoms with E-state index in [0.717, 1.165) is 5.56 Å². The van der Waals surface area contributed by atoms with E-state index < -0.39 is 5.91 Å². The summed E-state index contributed by atoms with van der Waals surface area (Å²) >= 11 is 1.32. The zero-order valence-corrected chi connectivity index (χ0v) is 8.14. The lowest BCUT2D eigenvalue weighted by atomic mass is 10.3. The molecule has 0 aliphatic carbocycles. The number of carbonyl (C=O) groups is 1. The number of fused-ring (bicyclic) bond motifs is 1. The van der Waals surface area contributed by atoms with Crippen LogP contribution in [-0.4, -0.2) is 15.9 Å². The fourth-order valence-corrected chi connectivity index (χ4v) is 2.13. The molecule has 0 aliphatic rings. The summed E-state index contributed by atoms with van der Waals surface area (Å²) in [6.45, 7) is 1.82. The van der Waals surface area contributed by atoms with Gasteiger partial charge in [-0.3, -0.25) is 9.59 Å². The first kappa shape index (κ1) is 8.89. The minimum absolute atomic E-state index is 0.0932. The van der Waals surface area contributed by atoms with Crippen LogP contribution in [0, 0.1) is 6.92 Å². The fourth-order valence-electron chi connectivity index (χ4n) is 1.21. The third-order valence-electron chi connectivity index (χ3n) is 1.86. The lowest BCUT2D eigenvalue weighted by Crippen LogP contribution is -2.20. The number of H-pyrrole nitrogens is 1. The van der Waals surface area contributed by atoms with Gasteiger partial charge in [0.1, 0.15) is 4.83 Å². The molecule has 0 unspecified atom stereocenters. The van der Waals surface area contributed by atoms with E-state index in [2.05, 4.69) is 9.97 Å². The van der Waals surface area contributed by atoms with Crippen LogP contribution in [0.15, 0.2) is 10.2 Å². The van der Waals surface area contributed by atoms with E-state index in [9.17, 15) is 9.59 Å². The molecule has 6 heteroatoms. The van der Waals surface area contributed by atoms with Crippen molar-refractivity contribution < 1.29 is 4.79 Å². The van der Waals surface area contributed by atoms with Gasteiger partial charge in [0.15, 0.2) is 5.82 Å². The number of hydrogen-bond donors (Lipinski definition) is 2. The van der Waals surface area contributed by atoms with Gasteiger partial charge in [0.05, 0.1) is 5.39 Å². The number of aromatic nitrogens is 2. The second-order valence-corrected chi connectivity index (χ2v) is 3.74. The minimum atomic E-state index is -0.727. The van der Waals surface area contributed by atoms with Gasteiger partial charge in [0.25, 0.3) is 11.5 Å². The number of hydrogen-bond acceptors (Lipinski definition) is 4. The number of thiophene rings is 1. The van der Waals surface area contributed by atoms with E-state index in [-0.39, 0.29) is 11.4 Å². The van der Waals surface area contributed by atoms with Gasteiger partial charge >= 0.3 is 0 Å². The van der Waals surface area contributed by atoms with Crippen LogP contribution in [0.5, 0.6) is 0 Å². The van der Waals surface area contributed by atoms with Crippen molar-refractivity contribution in [2.45, 2.75) is 6.92 Å². The molecule has 0 radical (unpaired) electrons. The van der Waals surface area contributed by atoms with Gasteiger partial charge in [-0.15, -0.1) is 11.3 Å². The monoisotopic (exact) mass is 209 g/mol. The predicted molar refractivity (Wildman–Crippen MR) is 53.5 cm³/mol. The van der Waals surface area contributed by atoms with Gasteiger partial charge in [-0.2, -0.15) is 0 Å². The molecule has 0 aliphatic heterocycles. The third-order valence-corrected chi connectivity index (χ3v) is 2.85. The molecule has 0 aromatic carbocycles. The van der Waals surface area contributed by atoms with Crippen molar-refractivity contribution in [3.63, 3.8) is 0 Å². The quantitative estimate of drug-likeness (QED) is 0.712. The number of aromatic amines is 1. The number of carbonyl (C=O) groups excluding carboxylic acids is 1. The second kappa shape index (κ2) is 2.91. The summed E-state index contributed by atoms with van der Waals surface area (Å²) in [6.07, 6.45) is 0. The highest BCUT2D eigenvalue weighted by Crippen LogP contribution is 2.19. The number of nitrogens with zero attached hydrogens (tertiary/aromatic N) is 1. The molecule has 0 saturated heterocycles. The Labute approximate surface area is 82.6 Å². The van der Waals surface area contributed by atoms with Crippen molar-refractivity contribution in [3.8, 4) is 0 Å². The normalized spacial score (nSPS) is 10.6. The summed E-state index contributed by atoms with van der Waals surface area (Å²) in [6, 6.07) is 0. The van der Waals surface area contributed by atoms with Crippen molar-refractivity contribution in [3.05, 3.63) is 27.1 Å². The maximum absolute atomic E-state index is 11.5. The Bertz CT molecular complexity index is 569. The molecule has 0 saturated carbocycles. The zero-order valence-electron chi connectivity index (χ0n) is 7.33. The van der Waals surface area contributed by atoms with E-state index in [1.807, 2.05) is 12.3 Å². The maximum atomic E-state index is 11.5. The van der Waals surface area contributed by atoms with Crippen LogP contribution in [0.3, 0.4) is 0 Å². The Kier molecular flexibility index (Phi) is 1.85. The molecule has 5 nitrogen and oxygen atoms in total. The number of rotatable bonds is 1. The van der Waals surface area contributed by atoms with E-state index in [0.29, 0.717) is 10.2 Å². The van der Waals surface area contributed by atoms with Gasteiger partial charge in [0.2, 0.25) is 0 Å². The average molecular weight is 209 g/mol. The van der Waals surface area contributed by atoms with Crippen LogP contribution in [0.1, 0.15) is 16.2 Å². The number of amides is 1. The summed E-state index contributed by atoms with van der Waals surface area (Å²) in [5.74, 6) is -0.820. The summed E-state index contributed by atoms with van der Waals surface area (Å²) in [5, 5.41) is 2.34. The summed E-state index contributed by atoms with van der Waals surface area (Å²) < 4.78 is 0. The van der Waals surface area contributed by atoms with E-state index >= 15 is 0 Å². The van der Waals surface area contributed by atoms with Crippen LogP contribution < -0.4 is 11.3 Å². The van der Waals surface area contributed by atoms with Crippen molar-refractivity contribution in [1.29, 1.82) is 0 Å². The maximum Gasteiger partial charge on any atom is 0.284 e. The standard InChI is InChI=1S/C8H7N3O2S/c1-3-2-14-8-4(3)7(13)10-6(11-8)5(9)12/h2H,1H3,(H2,9,12)(H,10,11,13). The van der Waals surface area contributed by atoms with Gasteiger partial charge in [-0.1, -0.05) is 0 Å². The molecule has 2 aromatic heterocycles. The smallest absolute Gasteiger partial charge is 0.284 e. The summed E-state index contributed by atoms with van der Waals surface area (Å²) in [5.41, 5.74) is 5.55. The number of aryl methyl sites for hydroxylation is 1. The molecule has 0 bridgehead atoms. The van der Waals surface area contributed by atoms with Crippen molar-refractivity contribution in [2.24, 2.45) is 5.73 Å². The zero-order chi connectivity index (χ0) is 10.3. The largest absolute Gasteiger partial charge is 0.363 e. The molecule has 0 fully saturated rings. The van der Waals surface area contributed by atoms with Gasteiger partial charge in [-0.25, -0.2) is 4.98 Å². The summed E-state index contributed by atoms with van der Waals surface area (Å²) in [4.78, 5) is 29.1. The molecular formula is C8H7N3O2S. The highest BCUT2D eigenvalue weighted by molar-refractivity contribution is 7.16. The summed E-state index contributed by atoms with van der Waals surface area (Å²) in [7, 11) is 0. The molecule has 2 aromatic rings. The predicted octanol–water partition coefficient (Wildman–Crippen LogP) is 0.392.